The van der Waals surface area contributed by atoms with Crippen LogP contribution in [0.5, 0.6) is 5.75 Å². The van der Waals surface area contributed by atoms with Crippen molar-refractivity contribution in [3.8, 4) is 17.6 Å². The maximum atomic E-state index is 5.98. The van der Waals surface area contributed by atoms with Crippen LogP contribution in [-0.4, -0.2) is 48.2 Å². The molecule has 0 aliphatic carbocycles. The van der Waals surface area contributed by atoms with E-state index in [0.29, 0.717) is 11.6 Å². The van der Waals surface area contributed by atoms with Gasteiger partial charge < -0.3 is 14.5 Å². The molecule has 3 aromatic rings. The number of pyridine rings is 1. The smallest absolute Gasteiger partial charge is 0.274 e. The topological polar surface area (TPSA) is 63.4 Å². The minimum atomic E-state index is 0.384. The second-order valence-electron chi connectivity index (χ2n) is 6.14. The van der Waals surface area contributed by atoms with E-state index in [1.54, 1.807) is 19.5 Å². The highest BCUT2D eigenvalue weighted by molar-refractivity contribution is 5.83. The Balaban J connectivity index is 1.68. The highest BCUT2D eigenvalue weighted by Crippen LogP contribution is 2.29. The quantitative estimate of drug-likeness (QED) is 0.731. The van der Waals surface area contributed by atoms with Gasteiger partial charge in [0.2, 0.25) is 0 Å². The van der Waals surface area contributed by atoms with Crippen molar-refractivity contribution in [2.24, 2.45) is 0 Å². The lowest BCUT2D eigenvalue weighted by Crippen LogP contribution is -2.42. The molecule has 4 rings (SSSR count). The maximum Gasteiger partial charge on any atom is 0.274 e. The molecule has 6 nitrogen and oxygen atoms in total. The third-order valence-corrected chi connectivity index (χ3v) is 4.39. The second-order valence-corrected chi connectivity index (χ2v) is 6.14. The average Bonchev–Trinajstić information content (AvgIpc) is 3.13. The molecule has 1 saturated heterocycles. The minimum Gasteiger partial charge on any atom is -0.494 e. The van der Waals surface area contributed by atoms with Gasteiger partial charge in [0.1, 0.15) is 5.75 Å². The number of hydrogen-bond donors (Lipinski definition) is 1. The number of nitrogens with zero attached hydrogens (tertiary/aromatic N) is 3. The molecule has 3 heterocycles. The Morgan fingerprint density at radius 3 is 2.88 bits per heavy atom. The Kier molecular flexibility index (Phi) is 4.82. The van der Waals surface area contributed by atoms with Crippen LogP contribution in [0.3, 0.4) is 0 Å². The first-order chi connectivity index (χ1) is 12.8. The van der Waals surface area contributed by atoms with Gasteiger partial charge in [-0.1, -0.05) is 12.0 Å². The van der Waals surface area contributed by atoms with Crippen molar-refractivity contribution in [3.63, 3.8) is 0 Å². The van der Waals surface area contributed by atoms with Crippen LogP contribution in [0.1, 0.15) is 17.0 Å². The normalized spacial score (nSPS) is 14.8. The summed E-state index contributed by atoms with van der Waals surface area (Å²) in [4.78, 5) is 11.0. The fourth-order valence-corrected chi connectivity index (χ4v) is 3.05. The van der Waals surface area contributed by atoms with Crippen LogP contribution in [0.2, 0.25) is 0 Å². The first-order valence-electron chi connectivity index (χ1n) is 8.65. The fourth-order valence-electron chi connectivity index (χ4n) is 3.05. The zero-order valence-electron chi connectivity index (χ0n) is 14.7. The Morgan fingerprint density at radius 2 is 2.12 bits per heavy atom. The molecule has 1 fully saturated rings. The number of rotatable bonds is 3. The predicted molar refractivity (Wildman–Crippen MR) is 98.9 cm³/mol. The Morgan fingerprint density at radius 1 is 1.23 bits per heavy atom. The second kappa shape index (κ2) is 7.56. The van der Waals surface area contributed by atoms with Gasteiger partial charge in [0, 0.05) is 56.2 Å². The molecule has 1 N–H and O–H groups in total. The van der Waals surface area contributed by atoms with E-state index in [1.165, 1.54) is 0 Å². The molecule has 2 aromatic heterocycles. The van der Waals surface area contributed by atoms with E-state index in [9.17, 15) is 0 Å². The number of fused-ring (bicyclic) bond motifs is 1. The molecular weight excluding hydrogens is 328 g/mol. The SMILES string of the molecule is COc1ccc(CN2CCNCC2)c2oc(C#Cc3cccnc3)nc12. The predicted octanol–water partition coefficient (Wildman–Crippen LogP) is 2.04. The van der Waals surface area contributed by atoms with Crippen LogP contribution in [0.15, 0.2) is 41.1 Å². The summed E-state index contributed by atoms with van der Waals surface area (Å²) in [5.41, 5.74) is 3.39. The van der Waals surface area contributed by atoms with Crippen LogP contribution in [0.25, 0.3) is 11.1 Å². The molecule has 0 radical (unpaired) electrons. The van der Waals surface area contributed by atoms with Gasteiger partial charge in [0.25, 0.3) is 5.89 Å². The van der Waals surface area contributed by atoms with Crippen molar-refractivity contribution in [1.29, 1.82) is 0 Å². The summed E-state index contributed by atoms with van der Waals surface area (Å²) in [7, 11) is 1.64. The average molecular weight is 348 g/mol. The van der Waals surface area contributed by atoms with E-state index in [4.69, 9.17) is 9.15 Å². The van der Waals surface area contributed by atoms with Gasteiger partial charge in [0.05, 0.1) is 7.11 Å². The fraction of sp³-hybridized carbons (Fsp3) is 0.300. The number of hydrogen-bond acceptors (Lipinski definition) is 6. The van der Waals surface area contributed by atoms with E-state index in [1.807, 2.05) is 24.3 Å². The van der Waals surface area contributed by atoms with E-state index in [2.05, 4.69) is 32.0 Å². The van der Waals surface area contributed by atoms with Crippen LogP contribution in [0, 0.1) is 11.8 Å². The first kappa shape index (κ1) is 16.6. The van der Waals surface area contributed by atoms with Gasteiger partial charge in [0.15, 0.2) is 11.1 Å². The number of oxazole rings is 1. The Bertz CT molecular complexity index is 950. The van der Waals surface area contributed by atoms with E-state index in [-0.39, 0.29) is 0 Å². The van der Waals surface area contributed by atoms with Crippen LogP contribution < -0.4 is 10.1 Å². The zero-order chi connectivity index (χ0) is 17.8. The summed E-state index contributed by atoms with van der Waals surface area (Å²) in [6, 6.07) is 7.75. The summed E-state index contributed by atoms with van der Waals surface area (Å²) in [6.07, 6.45) is 3.43. The lowest BCUT2D eigenvalue weighted by molar-refractivity contribution is 0.233. The molecule has 0 amide bonds. The molecule has 0 unspecified atom stereocenters. The molecule has 132 valence electrons. The van der Waals surface area contributed by atoms with Crippen molar-refractivity contribution in [3.05, 3.63) is 53.7 Å². The summed E-state index contributed by atoms with van der Waals surface area (Å²) < 4.78 is 11.4. The standard InChI is InChI=1S/C20H20N4O2/c1-25-17-6-5-16(14-24-11-9-21-10-12-24)20-19(17)23-18(26-20)7-4-15-3-2-8-22-13-15/h2-3,5-6,8,13,21H,9-12,14H2,1H3. The highest BCUT2D eigenvalue weighted by atomic mass is 16.5. The highest BCUT2D eigenvalue weighted by Gasteiger charge is 2.17. The number of piperazine rings is 1. The van der Waals surface area contributed by atoms with Gasteiger partial charge >= 0.3 is 0 Å². The largest absolute Gasteiger partial charge is 0.494 e. The van der Waals surface area contributed by atoms with Crippen LogP contribution in [-0.2, 0) is 6.54 Å². The zero-order valence-corrected chi connectivity index (χ0v) is 14.7. The van der Waals surface area contributed by atoms with Gasteiger partial charge in [-0.25, -0.2) is 0 Å². The number of methoxy groups -OCH3 is 1. The van der Waals surface area contributed by atoms with Crippen LogP contribution in [0.4, 0.5) is 0 Å². The van der Waals surface area contributed by atoms with E-state index < -0.39 is 0 Å². The summed E-state index contributed by atoms with van der Waals surface area (Å²) in [5, 5.41) is 3.37. The monoisotopic (exact) mass is 348 g/mol. The molecule has 0 spiro atoms. The number of ether oxygens (including phenoxy) is 1. The molecular formula is C20H20N4O2. The summed E-state index contributed by atoms with van der Waals surface area (Å²) in [5.74, 6) is 7.10. The molecule has 1 aliphatic heterocycles. The van der Waals surface area contributed by atoms with Crippen LogP contribution >= 0.6 is 0 Å². The van der Waals surface area contributed by atoms with Crippen molar-refractivity contribution < 1.29 is 9.15 Å². The lowest BCUT2D eigenvalue weighted by atomic mass is 10.1. The van der Waals surface area contributed by atoms with Crippen molar-refractivity contribution in [2.45, 2.75) is 6.54 Å². The van der Waals surface area contributed by atoms with Gasteiger partial charge in [-0.15, -0.1) is 0 Å². The van der Waals surface area contributed by atoms with E-state index >= 15 is 0 Å². The molecule has 0 saturated carbocycles. The lowest BCUT2D eigenvalue weighted by Gasteiger charge is -2.27. The number of aromatic nitrogens is 2. The minimum absolute atomic E-state index is 0.384. The number of benzene rings is 1. The first-order valence-corrected chi connectivity index (χ1v) is 8.65. The number of nitrogens with one attached hydrogen (secondary N) is 1. The van der Waals surface area contributed by atoms with Gasteiger partial charge in [-0.3, -0.25) is 9.88 Å². The third kappa shape index (κ3) is 3.54. The van der Waals surface area contributed by atoms with Gasteiger partial charge in [-0.2, -0.15) is 4.98 Å². The molecule has 1 aliphatic rings. The molecule has 0 bridgehead atoms. The maximum absolute atomic E-state index is 5.98. The Labute approximate surface area is 152 Å². The molecule has 6 heteroatoms. The summed E-state index contributed by atoms with van der Waals surface area (Å²) in [6.45, 7) is 4.90. The van der Waals surface area contributed by atoms with Crippen molar-refractivity contribution in [1.82, 2.24) is 20.2 Å². The van der Waals surface area contributed by atoms with E-state index in [0.717, 1.165) is 55.0 Å². The van der Waals surface area contributed by atoms with Gasteiger partial charge in [-0.05, 0) is 24.1 Å². The molecule has 0 atom stereocenters. The third-order valence-electron chi connectivity index (χ3n) is 4.39. The summed E-state index contributed by atoms with van der Waals surface area (Å²) >= 11 is 0. The van der Waals surface area contributed by atoms with Crippen molar-refractivity contribution >= 4 is 11.1 Å². The van der Waals surface area contributed by atoms with Crippen molar-refractivity contribution in [2.75, 3.05) is 33.3 Å². The Hall–Kier alpha value is -2.88. The molecule has 26 heavy (non-hydrogen) atoms. The molecule has 1 aromatic carbocycles.